The summed E-state index contributed by atoms with van der Waals surface area (Å²) in [4.78, 5) is 14.3. The number of carbonyl (C=O) groups is 1. The van der Waals surface area contributed by atoms with Crippen LogP contribution in [0.25, 0.3) is 10.9 Å². The average molecular weight is 395 g/mol. The smallest absolute Gasteiger partial charge is 0.323 e. The number of hydrogen-bond acceptors (Lipinski definition) is 3. The third kappa shape index (κ3) is 4.59. The van der Waals surface area contributed by atoms with E-state index in [1.165, 1.54) is 16.7 Å². The zero-order chi connectivity index (χ0) is 20.2. The van der Waals surface area contributed by atoms with E-state index in [2.05, 4.69) is 4.90 Å². The summed E-state index contributed by atoms with van der Waals surface area (Å²) in [5.41, 5.74) is 6.92. The fraction of sp³-hybridized carbons (Fsp3) is 0.348. The molecule has 1 fully saturated rings. The number of ether oxygens (including phenoxy) is 1. The topological polar surface area (TPSA) is 60.5 Å². The number of piperidine rings is 1. The lowest BCUT2D eigenvalue weighted by molar-refractivity contribution is 0.142. The summed E-state index contributed by atoms with van der Waals surface area (Å²) in [6.07, 6.45) is 2.89. The third-order valence-electron chi connectivity index (χ3n) is 5.68. The minimum Gasteiger partial charge on any atom is -0.493 e. The molecule has 1 aliphatic heterocycles. The molecule has 152 valence electrons. The molecule has 1 aliphatic rings. The highest BCUT2D eigenvalue weighted by Gasteiger charge is 2.21. The molecule has 0 unspecified atom stereocenters. The average Bonchev–Trinajstić information content (AvgIpc) is 3.10. The second-order valence-corrected chi connectivity index (χ2v) is 7.67. The van der Waals surface area contributed by atoms with Crippen LogP contribution < -0.4 is 10.5 Å². The molecule has 0 bridgehead atoms. The van der Waals surface area contributed by atoms with Gasteiger partial charge >= 0.3 is 6.03 Å². The lowest BCUT2D eigenvalue weighted by Gasteiger charge is -2.31. The van der Waals surface area contributed by atoms with Crippen LogP contribution in [0.2, 0.25) is 0 Å². The molecule has 1 amide bonds. The van der Waals surface area contributed by atoms with E-state index in [1.54, 1.807) is 6.07 Å². The Balaban J connectivity index is 1.31. The van der Waals surface area contributed by atoms with Gasteiger partial charge in [-0.1, -0.05) is 18.2 Å². The minimum absolute atomic E-state index is 0.371. The first-order valence-electron chi connectivity index (χ1n) is 10.1. The minimum atomic E-state index is -0.572. The van der Waals surface area contributed by atoms with Gasteiger partial charge in [0, 0.05) is 24.0 Å². The van der Waals surface area contributed by atoms with Crippen LogP contribution in [0.3, 0.4) is 0 Å². The maximum Gasteiger partial charge on any atom is 0.323 e. The monoisotopic (exact) mass is 395 g/mol. The van der Waals surface area contributed by atoms with E-state index in [9.17, 15) is 9.18 Å². The number of halogens is 1. The number of likely N-dealkylation sites (tertiary alicyclic amines) is 1. The number of amides is 1. The number of nitrogens with two attached hydrogens (primary N) is 1. The van der Waals surface area contributed by atoms with Crippen molar-refractivity contribution in [3.63, 3.8) is 0 Å². The van der Waals surface area contributed by atoms with E-state index >= 15 is 0 Å². The van der Waals surface area contributed by atoms with Crippen LogP contribution in [0.5, 0.6) is 5.75 Å². The van der Waals surface area contributed by atoms with Crippen LogP contribution in [0.4, 0.5) is 9.18 Å². The first-order valence-corrected chi connectivity index (χ1v) is 10.1. The standard InChI is InChI=1S/C23H26FN3O2/c24-19-7-6-18-14-20(27(23(25)28)22(18)15-19)10-13-26-11-8-17(9-12-26)16-29-21-4-2-1-3-5-21/h1-7,14-15,17H,8-13,16H2,(H2,25,28). The maximum absolute atomic E-state index is 13.6. The normalized spacial score (nSPS) is 15.6. The Bertz CT molecular complexity index is 978. The zero-order valence-corrected chi connectivity index (χ0v) is 16.4. The third-order valence-corrected chi connectivity index (χ3v) is 5.68. The van der Waals surface area contributed by atoms with Crippen LogP contribution in [-0.2, 0) is 6.42 Å². The molecule has 6 heteroatoms. The van der Waals surface area contributed by atoms with Gasteiger partial charge in [0.15, 0.2) is 0 Å². The Morgan fingerprint density at radius 3 is 2.59 bits per heavy atom. The zero-order valence-electron chi connectivity index (χ0n) is 16.4. The predicted octanol–water partition coefficient (Wildman–Crippen LogP) is 4.04. The summed E-state index contributed by atoms with van der Waals surface area (Å²) in [5.74, 6) is 1.11. The van der Waals surface area contributed by atoms with E-state index in [4.69, 9.17) is 10.5 Å². The van der Waals surface area contributed by atoms with Crippen LogP contribution in [0.15, 0.2) is 54.6 Å². The molecule has 2 aromatic carbocycles. The molecule has 1 aromatic heterocycles. The van der Waals surface area contributed by atoms with Gasteiger partial charge in [-0.3, -0.25) is 4.57 Å². The summed E-state index contributed by atoms with van der Waals surface area (Å²) in [5, 5.41) is 0.831. The SMILES string of the molecule is NC(=O)n1c(CCN2CCC(COc3ccccc3)CC2)cc2ccc(F)cc21. The quantitative estimate of drug-likeness (QED) is 0.685. The van der Waals surface area contributed by atoms with Gasteiger partial charge < -0.3 is 15.4 Å². The highest BCUT2D eigenvalue weighted by Crippen LogP contribution is 2.23. The van der Waals surface area contributed by atoms with Gasteiger partial charge in [0.2, 0.25) is 0 Å². The van der Waals surface area contributed by atoms with Crippen LogP contribution >= 0.6 is 0 Å². The van der Waals surface area contributed by atoms with E-state index in [-0.39, 0.29) is 5.82 Å². The largest absolute Gasteiger partial charge is 0.493 e. The van der Waals surface area contributed by atoms with Crippen molar-refractivity contribution in [1.82, 2.24) is 9.47 Å². The Morgan fingerprint density at radius 1 is 1.10 bits per heavy atom. The number of fused-ring (bicyclic) bond motifs is 1. The number of hydrogen-bond donors (Lipinski definition) is 1. The van der Waals surface area contributed by atoms with E-state index in [1.807, 2.05) is 36.4 Å². The summed E-state index contributed by atoms with van der Waals surface area (Å²) in [6.45, 7) is 3.61. The van der Waals surface area contributed by atoms with Gasteiger partial charge in [0.25, 0.3) is 0 Å². The molecule has 2 heterocycles. The van der Waals surface area contributed by atoms with Gasteiger partial charge in [0.1, 0.15) is 11.6 Å². The van der Waals surface area contributed by atoms with Gasteiger partial charge in [-0.25, -0.2) is 9.18 Å². The highest BCUT2D eigenvalue weighted by atomic mass is 19.1. The predicted molar refractivity (Wildman–Crippen MR) is 112 cm³/mol. The van der Waals surface area contributed by atoms with Gasteiger partial charge in [-0.05, 0) is 68.2 Å². The number of aromatic nitrogens is 1. The van der Waals surface area contributed by atoms with Crippen molar-refractivity contribution in [3.05, 3.63) is 66.1 Å². The molecule has 3 aromatic rings. The molecule has 0 saturated carbocycles. The molecular weight excluding hydrogens is 369 g/mol. The van der Waals surface area contributed by atoms with Crippen molar-refractivity contribution in [3.8, 4) is 5.75 Å². The van der Waals surface area contributed by atoms with Crippen LogP contribution in [-0.4, -0.2) is 41.7 Å². The molecule has 0 spiro atoms. The first-order chi connectivity index (χ1) is 14.1. The fourth-order valence-corrected chi connectivity index (χ4v) is 4.06. The Morgan fingerprint density at radius 2 is 1.86 bits per heavy atom. The molecule has 0 aliphatic carbocycles. The second-order valence-electron chi connectivity index (χ2n) is 7.67. The number of nitrogens with zero attached hydrogens (tertiary/aromatic N) is 2. The molecule has 29 heavy (non-hydrogen) atoms. The number of para-hydroxylation sites is 1. The first kappa shape index (κ1) is 19.5. The van der Waals surface area contributed by atoms with Gasteiger partial charge in [0.05, 0.1) is 12.1 Å². The van der Waals surface area contributed by atoms with E-state index in [0.29, 0.717) is 17.9 Å². The summed E-state index contributed by atoms with van der Waals surface area (Å²) in [6, 6.07) is 15.7. The molecule has 1 saturated heterocycles. The van der Waals surface area contributed by atoms with Gasteiger partial charge in [-0.15, -0.1) is 0 Å². The molecule has 4 rings (SSSR count). The lowest BCUT2D eigenvalue weighted by Crippen LogP contribution is -2.37. The highest BCUT2D eigenvalue weighted by molar-refractivity contribution is 5.92. The van der Waals surface area contributed by atoms with E-state index in [0.717, 1.165) is 55.9 Å². The van der Waals surface area contributed by atoms with E-state index < -0.39 is 6.03 Å². The second kappa shape index (κ2) is 8.66. The van der Waals surface area contributed by atoms with Crippen molar-refractivity contribution in [2.24, 2.45) is 11.7 Å². The fourth-order valence-electron chi connectivity index (χ4n) is 4.06. The Kier molecular flexibility index (Phi) is 5.81. The van der Waals surface area contributed by atoms with Crippen molar-refractivity contribution in [2.75, 3.05) is 26.2 Å². The molecule has 0 radical (unpaired) electrons. The number of benzene rings is 2. The summed E-state index contributed by atoms with van der Waals surface area (Å²) >= 11 is 0. The molecule has 2 N–H and O–H groups in total. The van der Waals surface area contributed by atoms with Crippen LogP contribution in [0.1, 0.15) is 18.5 Å². The van der Waals surface area contributed by atoms with Gasteiger partial charge in [-0.2, -0.15) is 0 Å². The summed E-state index contributed by atoms with van der Waals surface area (Å²) < 4.78 is 20.9. The number of primary amides is 1. The number of rotatable bonds is 6. The van der Waals surface area contributed by atoms with Crippen molar-refractivity contribution in [2.45, 2.75) is 19.3 Å². The lowest BCUT2D eigenvalue weighted by atomic mass is 9.97. The summed E-state index contributed by atoms with van der Waals surface area (Å²) in [7, 11) is 0. The molecule has 0 atom stereocenters. The Hall–Kier alpha value is -2.86. The molecular formula is C23H26FN3O2. The number of carbonyl (C=O) groups excluding carboxylic acids is 1. The molecule has 5 nitrogen and oxygen atoms in total. The van der Waals surface area contributed by atoms with Crippen molar-refractivity contribution in [1.29, 1.82) is 0 Å². The van der Waals surface area contributed by atoms with Crippen molar-refractivity contribution >= 4 is 16.9 Å². The van der Waals surface area contributed by atoms with Crippen molar-refractivity contribution < 1.29 is 13.9 Å². The Labute approximate surface area is 169 Å². The maximum atomic E-state index is 13.6. The van der Waals surface area contributed by atoms with Crippen LogP contribution in [0, 0.1) is 11.7 Å².